The summed E-state index contributed by atoms with van der Waals surface area (Å²) >= 11 is 0. The molecule has 0 aromatic heterocycles. The van der Waals surface area contributed by atoms with Gasteiger partial charge in [0, 0.05) is 12.1 Å². The number of amides is 2. The molecule has 0 spiro atoms. The van der Waals surface area contributed by atoms with Gasteiger partial charge in [0.1, 0.15) is 5.25 Å². The third kappa shape index (κ3) is 7.33. The molecule has 1 aromatic carbocycles. The number of Topliss-reactive ketones (excluding diaryl/α,β-unsaturated/α-hetero) is 1. The normalized spacial score (nSPS) is 20.2. The first-order chi connectivity index (χ1) is 12.9. The lowest BCUT2D eigenvalue weighted by atomic mass is 10.0. The van der Waals surface area contributed by atoms with Gasteiger partial charge in [-0.05, 0) is 37.5 Å². The highest BCUT2D eigenvalue weighted by molar-refractivity contribution is 7.91. The van der Waals surface area contributed by atoms with Gasteiger partial charge in [-0.2, -0.15) is 0 Å². The summed E-state index contributed by atoms with van der Waals surface area (Å²) in [5.74, 6) is -0.286. The topological polar surface area (TPSA) is 92.3 Å². The van der Waals surface area contributed by atoms with Gasteiger partial charge < -0.3 is 5.32 Å². The number of carbonyl (C=O) groups is 2. The van der Waals surface area contributed by atoms with Crippen LogP contribution in [0.3, 0.4) is 0 Å². The molecule has 2 amide bonds. The fourth-order valence-electron chi connectivity index (χ4n) is 3.42. The zero-order valence-electron chi connectivity index (χ0n) is 16.0. The Kier molecular flexibility index (Phi) is 8.28. The maximum absolute atomic E-state index is 12.7. The van der Waals surface area contributed by atoms with Crippen LogP contribution >= 0.6 is 0 Å². The van der Waals surface area contributed by atoms with E-state index in [0.29, 0.717) is 18.5 Å². The average molecular weight is 395 g/mol. The molecule has 0 radical (unpaired) electrons. The molecule has 150 valence electrons. The Balaban J connectivity index is 2.03. The molecule has 1 aromatic rings. The molecular weight excluding hydrogens is 364 g/mol. The van der Waals surface area contributed by atoms with E-state index in [1.54, 1.807) is 18.2 Å². The molecule has 7 heteroatoms. The van der Waals surface area contributed by atoms with Crippen LogP contribution in [0.15, 0.2) is 24.3 Å². The van der Waals surface area contributed by atoms with Crippen LogP contribution < -0.4 is 10.0 Å². The Labute approximate surface area is 162 Å². The lowest BCUT2D eigenvalue weighted by Crippen LogP contribution is -2.44. The highest BCUT2D eigenvalue weighted by Gasteiger charge is 2.33. The summed E-state index contributed by atoms with van der Waals surface area (Å²) in [6.45, 7) is 1.88. The van der Waals surface area contributed by atoms with Gasteiger partial charge in [0.05, 0.1) is 0 Å². The molecule has 2 N–H and O–H groups in total. The Morgan fingerprint density at radius 2 is 1.63 bits per heavy atom. The van der Waals surface area contributed by atoms with Crippen LogP contribution in [0.2, 0.25) is 0 Å². The molecule has 6 nitrogen and oxygen atoms in total. The predicted octanol–water partition coefficient (Wildman–Crippen LogP) is 4.30. The van der Waals surface area contributed by atoms with Crippen molar-refractivity contribution in [2.45, 2.75) is 76.4 Å². The van der Waals surface area contributed by atoms with Crippen molar-refractivity contribution in [3.05, 3.63) is 29.8 Å². The van der Waals surface area contributed by atoms with Gasteiger partial charge >= 0.3 is 6.03 Å². The number of aryl methyl sites for hydroxylation is 1. The molecule has 27 heavy (non-hydrogen) atoms. The number of hydrogen-bond donors (Lipinski definition) is 2. The molecule has 0 saturated heterocycles. The van der Waals surface area contributed by atoms with Crippen LogP contribution in [0, 0.1) is 6.92 Å². The number of ketones is 1. The van der Waals surface area contributed by atoms with E-state index >= 15 is 0 Å². The van der Waals surface area contributed by atoms with E-state index in [-0.39, 0.29) is 18.6 Å². The number of benzene rings is 1. The monoisotopic (exact) mass is 394 g/mol. The van der Waals surface area contributed by atoms with Crippen molar-refractivity contribution in [2.24, 2.45) is 0 Å². The number of carbonyl (C=O) groups excluding carboxylic acids is 2. The van der Waals surface area contributed by atoms with Gasteiger partial charge in [0.15, 0.2) is 5.78 Å². The first-order valence-corrected chi connectivity index (χ1v) is 11.3. The molecule has 1 aliphatic carbocycles. The Morgan fingerprint density at radius 1 is 1.00 bits per heavy atom. The third-order valence-corrected chi connectivity index (χ3v) is 6.60. The summed E-state index contributed by atoms with van der Waals surface area (Å²) in [6, 6.07) is 6.24. The van der Waals surface area contributed by atoms with Gasteiger partial charge in [-0.3, -0.25) is 4.79 Å². The fourth-order valence-corrected chi connectivity index (χ4v) is 4.81. The quantitative estimate of drug-likeness (QED) is 0.799. The summed E-state index contributed by atoms with van der Waals surface area (Å²) in [5, 5.41) is 1.37. The van der Waals surface area contributed by atoms with Crippen LogP contribution in [0.5, 0.6) is 0 Å². The van der Waals surface area contributed by atoms with E-state index in [0.717, 1.165) is 37.7 Å². The minimum Gasteiger partial charge on any atom is -0.307 e. The molecule has 1 fully saturated rings. The second-order valence-corrected chi connectivity index (χ2v) is 9.16. The average Bonchev–Trinajstić information content (AvgIpc) is 2.57. The van der Waals surface area contributed by atoms with E-state index in [9.17, 15) is 18.0 Å². The van der Waals surface area contributed by atoms with Crippen LogP contribution in [0.4, 0.5) is 10.5 Å². The highest BCUT2D eigenvalue weighted by atomic mass is 32.2. The first kappa shape index (κ1) is 21.4. The number of nitrogens with one attached hydrogen (secondary N) is 2. The van der Waals surface area contributed by atoms with E-state index in [4.69, 9.17) is 0 Å². The van der Waals surface area contributed by atoms with E-state index in [1.165, 1.54) is 6.42 Å². The van der Waals surface area contributed by atoms with Crippen molar-refractivity contribution < 1.29 is 18.0 Å². The summed E-state index contributed by atoms with van der Waals surface area (Å²) in [7, 11) is -4.06. The minimum atomic E-state index is -4.06. The van der Waals surface area contributed by atoms with Gasteiger partial charge in [-0.25, -0.2) is 17.9 Å². The lowest BCUT2D eigenvalue weighted by molar-refractivity contribution is -0.118. The van der Waals surface area contributed by atoms with Crippen LogP contribution in [-0.4, -0.2) is 25.5 Å². The van der Waals surface area contributed by atoms with Crippen molar-refractivity contribution in [1.82, 2.24) is 4.72 Å². The number of urea groups is 1. The van der Waals surface area contributed by atoms with E-state index in [2.05, 4.69) is 5.32 Å². The lowest BCUT2D eigenvalue weighted by Gasteiger charge is -2.18. The molecule has 1 atom stereocenters. The second-order valence-electron chi connectivity index (χ2n) is 7.29. The molecule has 1 saturated carbocycles. The molecule has 0 heterocycles. The maximum Gasteiger partial charge on any atom is 0.332 e. The largest absolute Gasteiger partial charge is 0.332 e. The molecular formula is C20H30N2O4S. The Bertz CT molecular complexity index is 746. The number of sulfonamides is 1. The van der Waals surface area contributed by atoms with Crippen molar-refractivity contribution in [2.75, 3.05) is 5.32 Å². The first-order valence-electron chi connectivity index (χ1n) is 9.80. The summed E-state index contributed by atoms with van der Waals surface area (Å²) in [5.41, 5.74) is 1.46. The predicted molar refractivity (Wildman–Crippen MR) is 107 cm³/mol. The smallest absolute Gasteiger partial charge is 0.307 e. The zero-order chi connectivity index (χ0) is 19.7. The SMILES string of the molecule is Cc1cccc(NC(=O)NS(=O)(=O)C2CCCCCCCCCCC2=O)c1. The maximum atomic E-state index is 12.7. The summed E-state index contributed by atoms with van der Waals surface area (Å²) < 4.78 is 27.4. The zero-order valence-corrected chi connectivity index (χ0v) is 16.8. The summed E-state index contributed by atoms with van der Waals surface area (Å²) in [4.78, 5) is 24.7. The standard InChI is InChI=1S/C20H30N2O4S/c1-16-11-10-12-17(15-16)21-20(24)22-27(25,26)19-14-9-7-5-3-2-4-6-8-13-18(19)23/h10-12,15,19H,2-9,13-14H2,1H3,(H2,21,22,24). The summed E-state index contributed by atoms with van der Waals surface area (Å²) in [6.07, 6.45) is 8.24. The van der Waals surface area contributed by atoms with Gasteiger partial charge in [-0.15, -0.1) is 0 Å². The third-order valence-electron chi connectivity index (χ3n) is 4.88. The molecule has 0 aliphatic heterocycles. The fraction of sp³-hybridized carbons (Fsp3) is 0.600. The highest BCUT2D eigenvalue weighted by Crippen LogP contribution is 2.19. The van der Waals surface area contributed by atoms with Gasteiger partial charge in [-0.1, -0.05) is 57.1 Å². The molecule has 2 rings (SSSR count). The van der Waals surface area contributed by atoms with Crippen LogP contribution in [0.25, 0.3) is 0 Å². The Morgan fingerprint density at radius 3 is 2.30 bits per heavy atom. The number of rotatable bonds is 3. The van der Waals surface area contributed by atoms with E-state index < -0.39 is 21.3 Å². The minimum absolute atomic E-state index is 0.255. The molecule has 1 aliphatic rings. The Hall–Kier alpha value is -1.89. The van der Waals surface area contributed by atoms with Gasteiger partial charge in [0.2, 0.25) is 10.0 Å². The van der Waals surface area contributed by atoms with Crippen molar-refractivity contribution in [3.8, 4) is 0 Å². The van der Waals surface area contributed by atoms with E-state index in [1.807, 2.05) is 17.7 Å². The second kappa shape index (κ2) is 10.4. The number of anilines is 1. The molecule has 0 bridgehead atoms. The van der Waals surface area contributed by atoms with Crippen molar-refractivity contribution >= 4 is 27.5 Å². The van der Waals surface area contributed by atoms with Crippen molar-refractivity contribution in [3.63, 3.8) is 0 Å². The van der Waals surface area contributed by atoms with Crippen LogP contribution in [0.1, 0.15) is 69.8 Å². The van der Waals surface area contributed by atoms with Crippen molar-refractivity contribution in [1.29, 1.82) is 0 Å². The number of hydrogen-bond acceptors (Lipinski definition) is 4. The van der Waals surface area contributed by atoms with Gasteiger partial charge in [0.25, 0.3) is 0 Å². The van der Waals surface area contributed by atoms with Crippen LogP contribution in [-0.2, 0) is 14.8 Å². The molecule has 1 unspecified atom stereocenters.